The Morgan fingerprint density at radius 3 is 2.76 bits per heavy atom. The van der Waals surface area contributed by atoms with Gasteiger partial charge in [-0.25, -0.2) is 0 Å². The molecule has 1 aromatic carbocycles. The minimum Gasteiger partial charge on any atom is -0.489 e. The molecule has 1 N–H and O–H groups in total. The minimum atomic E-state index is 0.301. The first kappa shape index (κ1) is 12.7. The van der Waals surface area contributed by atoms with Gasteiger partial charge in [0.05, 0.1) is 0 Å². The Hall–Kier alpha value is -0.730. The van der Waals surface area contributed by atoms with Gasteiger partial charge in [-0.2, -0.15) is 0 Å². The van der Waals surface area contributed by atoms with E-state index in [4.69, 9.17) is 16.3 Å². The van der Waals surface area contributed by atoms with Crippen LogP contribution in [0.5, 0.6) is 5.75 Å². The highest BCUT2D eigenvalue weighted by Gasteiger charge is 2.18. The van der Waals surface area contributed by atoms with E-state index in [0.29, 0.717) is 12.0 Å². The van der Waals surface area contributed by atoms with E-state index in [-0.39, 0.29) is 0 Å². The lowest BCUT2D eigenvalue weighted by molar-refractivity contribution is 0.221. The van der Waals surface area contributed by atoms with Gasteiger partial charge in [0.2, 0.25) is 0 Å². The van der Waals surface area contributed by atoms with Gasteiger partial charge in [0, 0.05) is 11.6 Å². The number of ether oxygens (including phenoxy) is 1. The fraction of sp³-hybridized carbons (Fsp3) is 0.571. The third-order valence-electron chi connectivity index (χ3n) is 3.23. The van der Waals surface area contributed by atoms with Crippen molar-refractivity contribution in [3.8, 4) is 5.75 Å². The average molecular weight is 254 g/mol. The van der Waals surface area contributed by atoms with Crippen LogP contribution in [0.4, 0.5) is 0 Å². The molecule has 3 heteroatoms. The second kappa shape index (κ2) is 5.28. The van der Waals surface area contributed by atoms with Crippen molar-refractivity contribution in [1.29, 1.82) is 0 Å². The molecule has 2 rings (SSSR count). The van der Waals surface area contributed by atoms with E-state index in [1.165, 1.54) is 5.56 Å². The number of halogens is 1. The van der Waals surface area contributed by atoms with Gasteiger partial charge >= 0.3 is 0 Å². The third kappa shape index (κ3) is 2.93. The lowest BCUT2D eigenvalue weighted by Gasteiger charge is -2.18. The molecule has 1 unspecified atom stereocenters. The van der Waals surface area contributed by atoms with Gasteiger partial charge in [0.1, 0.15) is 11.9 Å². The van der Waals surface area contributed by atoms with Crippen molar-refractivity contribution in [2.45, 2.75) is 39.2 Å². The number of nitrogens with one attached hydrogen (secondary N) is 1. The molecular weight excluding hydrogens is 234 g/mol. The van der Waals surface area contributed by atoms with Crippen LogP contribution in [0.3, 0.4) is 0 Å². The van der Waals surface area contributed by atoms with E-state index in [9.17, 15) is 0 Å². The normalized spacial score (nSPS) is 19.9. The first-order chi connectivity index (χ1) is 8.08. The number of aryl methyl sites for hydroxylation is 1. The smallest absolute Gasteiger partial charge is 0.123 e. The Balaban J connectivity index is 2.23. The van der Waals surface area contributed by atoms with Crippen molar-refractivity contribution in [1.82, 2.24) is 5.32 Å². The molecule has 1 aromatic rings. The first-order valence-corrected chi connectivity index (χ1v) is 6.63. The molecule has 0 spiro atoms. The van der Waals surface area contributed by atoms with Gasteiger partial charge in [-0.15, -0.1) is 0 Å². The molecule has 17 heavy (non-hydrogen) atoms. The molecule has 0 aromatic heterocycles. The molecule has 0 saturated carbocycles. The van der Waals surface area contributed by atoms with Crippen LogP contribution in [0.25, 0.3) is 0 Å². The Bertz CT molecular complexity index is 397. The molecule has 2 nitrogen and oxygen atoms in total. The summed E-state index contributed by atoms with van der Waals surface area (Å²) < 4.78 is 6.03. The maximum atomic E-state index is 6.25. The standard InChI is InChI=1S/C14H20ClNO/c1-9(2)12-7-14(10(3)6-13(12)15)17-11-4-5-16-8-11/h6-7,9,11,16H,4-5,8H2,1-3H3. The second-order valence-corrected chi connectivity index (χ2v) is 5.43. The van der Waals surface area contributed by atoms with Crippen LogP contribution in [0.2, 0.25) is 5.02 Å². The van der Waals surface area contributed by atoms with Crippen LogP contribution in [0.1, 0.15) is 37.3 Å². The predicted octanol–water partition coefficient (Wildman–Crippen LogP) is 3.51. The van der Waals surface area contributed by atoms with Crippen LogP contribution in [0.15, 0.2) is 12.1 Å². The van der Waals surface area contributed by atoms with Crippen LogP contribution < -0.4 is 10.1 Å². The highest BCUT2D eigenvalue weighted by Crippen LogP contribution is 2.32. The summed E-state index contributed by atoms with van der Waals surface area (Å²) >= 11 is 6.25. The molecule has 1 saturated heterocycles. The summed E-state index contributed by atoms with van der Waals surface area (Å²) in [6.45, 7) is 8.34. The maximum absolute atomic E-state index is 6.25. The van der Waals surface area contributed by atoms with Gasteiger partial charge in [0.15, 0.2) is 0 Å². The Kier molecular flexibility index (Phi) is 3.95. The molecule has 94 valence electrons. The van der Waals surface area contributed by atoms with E-state index in [1.54, 1.807) is 0 Å². The molecule has 1 aliphatic rings. The average Bonchev–Trinajstić information content (AvgIpc) is 2.74. The molecular formula is C14H20ClNO. The maximum Gasteiger partial charge on any atom is 0.123 e. The van der Waals surface area contributed by atoms with Gasteiger partial charge < -0.3 is 10.1 Å². The molecule has 0 amide bonds. The first-order valence-electron chi connectivity index (χ1n) is 6.25. The van der Waals surface area contributed by atoms with E-state index >= 15 is 0 Å². The van der Waals surface area contributed by atoms with Crippen LogP contribution >= 0.6 is 11.6 Å². The van der Waals surface area contributed by atoms with Crippen LogP contribution in [-0.2, 0) is 0 Å². The Morgan fingerprint density at radius 1 is 1.41 bits per heavy atom. The predicted molar refractivity (Wildman–Crippen MR) is 72.2 cm³/mol. The molecule has 0 aliphatic carbocycles. The quantitative estimate of drug-likeness (QED) is 0.890. The van der Waals surface area contributed by atoms with E-state index in [0.717, 1.165) is 35.8 Å². The zero-order chi connectivity index (χ0) is 12.4. The topological polar surface area (TPSA) is 21.3 Å². The zero-order valence-corrected chi connectivity index (χ0v) is 11.5. The molecule has 1 heterocycles. The molecule has 0 radical (unpaired) electrons. The van der Waals surface area contributed by atoms with Crippen molar-refractivity contribution in [2.75, 3.05) is 13.1 Å². The summed E-state index contributed by atoms with van der Waals surface area (Å²) in [5.74, 6) is 1.40. The van der Waals surface area contributed by atoms with Crippen molar-refractivity contribution in [2.24, 2.45) is 0 Å². The summed E-state index contributed by atoms with van der Waals surface area (Å²) in [6, 6.07) is 4.11. The number of rotatable bonds is 3. The number of benzene rings is 1. The lowest BCUT2D eigenvalue weighted by Crippen LogP contribution is -2.20. The highest BCUT2D eigenvalue weighted by atomic mass is 35.5. The summed E-state index contributed by atoms with van der Waals surface area (Å²) in [7, 11) is 0. The third-order valence-corrected chi connectivity index (χ3v) is 3.55. The number of hydrogen-bond acceptors (Lipinski definition) is 2. The van der Waals surface area contributed by atoms with Gasteiger partial charge in [-0.05, 0) is 49.1 Å². The summed E-state index contributed by atoms with van der Waals surface area (Å²) in [6.07, 6.45) is 1.38. The molecule has 0 bridgehead atoms. The van der Waals surface area contributed by atoms with E-state index in [1.807, 2.05) is 13.0 Å². The summed E-state index contributed by atoms with van der Waals surface area (Å²) in [4.78, 5) is 0. The molecule has 1 fully saturated rings. The minimum absolute atomic E-state index is 0.301. The Morgan fingerprint density at radius 2 is 2.18 bits per heavy atom. The Labute approximate surface area is 108 Å². The lowest BCUT2D eigenvalue weighted by atomic mass is 10.0. The summed E-state index contributed by atoms with van der Waals surface area (Å²) in [5.41, 5.74) is 2.28. The van der Waals surface area contributed by atoms with Crippen molar-refractivity contribution >= 4 is 11.6 Å². The summed E-state index contributed by atoms with van der Waals surface area (Å²) in [5, 5.41) is 4.15. The van der Waals surface area contributed by atoms with E-state index in [2.05, 4.69) is 25.2 Å². The fourth-order valence-corrected chi connectivity index (χ4v) is 2.58. The van der Waals surface area contributed by atoms with Gasteiger partial charge in [-0.1, -0.05) is 25.4 Å². The van der Waals surface area contributed by atoms with Crippen molar-refractivity contribution in [3.05, 3.63) is 28.3 Å². The van der Waals surface area contributed by atoms with Crippen molar-refractivity contribution in [3.63, 3.8) is 0 Å². The van der Waals surface area contributed by atoms with E-state index < -0.39 is 0 Å². The zero-order valence-electron chi connectivity index (χ0n) is 10.7. The highest BCUT2D eigenvalue weighted by molar-refractivity contribution is 6.31. The molecule has 1 atom stereocenters. The van der Waals surface area contributed by atoms with Crippen LogP contribution in [0, 0.1) is 6.92 Å². The second-order valence-electron chi connectivity index (χ2n) is 5.03. The van der Waals surface area contributed by atoms with Gasteiger partial charge in [0.25, 0.3) is 0 Å². The number of hydrogen-bond donors (Lipinski definition) is 1. The largest absolute Gasteiger partial charge is 0.489 e. The monoisotopic (exact) mass is 253 g/mol. The van der Waals surface area contributed by atoms with Gasteiger partial charge in [-0.3, -0.25) is 0 Å². The molecule has 1 aliphatic heterocycles. The SMILES string of the molecule is Cc1cc(Cl)c(C(C)C)cc1OC1CCNC1. The van der Waals surface area contributed by atoms with Crippen molar-refractivity contribution < 1.29 is 4.74 Å². The fourth-order valence-electron chi connectivity index (χ4n) is 2.15. The van der Waals surface area contributed by atoms with Crippen LogP contribution in [-0.4, -0.2) is 19.2 Å².